The second-order valence-electron chi connectivity index (χ2n) is 4.70. The van der Waals surface area contributed by atoms with Crippen LogP contribution >= 0.6 is 0 Å². The summed E-state index contributed by atoms with van der Waals surface area (Å²) in [5.74, 6) is 0.0259. The maximum absolute atomic E-state index is 11.7. The highest BCUT2D eigenvalue weighted by Crippen LogP contribution is 2.20. The molecule has 0 unspecified atom stereocenters. The van der Waals surface area contributed by atoms with Crippen molar-refractivity contribution in [3.63, 3.8) is 0 Å². The van der Waals surface area contributed by atoms with E-state index in [0.29, 0.717) is 39.0 Å². The Kier molecular flexibility index (Phi) is 6.47. The Bertz CT molecular complexity index is 228. The molecule has 1 fully saturated rings. The van der Waals surface area contributed by atoms with Gasteiger partial charge in [0.25, 0.3) is 0 Å². The van der Waals surface area contributed by atoms with Crippen LogP contribution in [0.15, 0.2) is 0 Å². The van der Waals surface area contributed by atoms with Gasteiger partial charge in [0.05, 0.1) is 12.1 Å². The highest BCUT2D eigenvalue weighted by molar-refractivity contribution is 5.76. The molecular formula is C12H24N2O3. The molecule has 0 aromatic heterocycles. The van der Waals surface area contributed by atoms with E-state index in [0.717, 1.165) is 19.3 Å². The van der Waals surface area contributed by atoms with Crippen molar-refractivity contribution in [1.29, 1.82) is 0 Å². The van der Waals surface area contributed by atoms with E-state index >= 15 is 0 Å². The summed E-state index contributed by atoms with van der Waals surface area (Å²) in [4.78, 5) is 11.7. The highest BCUT2D eigenvalue weighted by atomic mass is 16.5. The molecule has 0 bridgehead atoms. The lowest BCUT2D eigenvalue weighted by Crippen LogP contribution is -2.54. The summed E-state index contributed by atoms with van der Waals surface area (Å²) in [7, 11) is 0. The first kappa shape index (κ1) is 14.4. The van der Waals surface area contributed by atoms with Crippen molar-refractivity contribution < 1.29 is 14.6 Å². The van der Waals surface area contributed by atoms with Crippen LogP contribution in [0.25, 0.3) is 0 Å². The zero-order chi connectivity index (χ0) is 12.6. The summed E-state index contributed by atoms with van der Waals surface area (Å²) in [6, 6.07) is 0. The lowest BCUT2D eigenvalue weighted by molar-refractivity contribution is -0.125. The lowest BCUT2D eigenvalue weighted by Gasteiger charge is -2.36. The molecule has 0 radical (unpaired) electrons. The molecule has 1 heterocycles. The van der Waals surface area contributed by atoms with Crippen molar-refractivity contribution in [3.05, 3.63) is 0 Å². The maximum Gasteiger partial charge on any atom is 0.220 e. The van der Waals surface area contributed by atoms with Crippen molar-refractivity contribution in [1.82, 2.24) is 5.32 Å². The van der Waals surface area contributed by atoms with E-state index in [-0.39, 0.29) is 12.5 Å². The number of nitrogens with one attached hydrogen (secondary N) is 1. The van der Waals surface area contributed by atoms with Gasteiger partial charge < -0.3 is 20.9 Å². The highest BCUT2D eigenvalue weighted by Gasteiger charge is 2.33. The Balaban J connectivity index is 2.27. The van der Waals surface area contributed by atoms with Gasteiger partial charge in [-0.1, -0.05) is 6.42 Å². The molecule has 0 spiro atoms. The van der Waals surface area contributed by atoms with Gasteiger partial charge in [0, 0.05) is 19.6 Å². The molecule has 1 saturated heterocycles. The molecule has 0 aromatic rings. The van der Waals surface area contributed by atoms with Crippen LogP contribution in [0.5, 0.6) is 0 Å². The molecule has 1 amide bonds. The Hall–Kier alpha value is -0.650. The molecule has 0 aliphatic carbocycles. The third-order valence-electron chi connectivity index (χ3n) is 3.27. The number of ether oxygens (including phenoxy) is 1. The maximum atomic E-state index is 11.7. The van der Waals surface area contributed by atoms with Gasteiger partial charge in [-0.05, 0) is 32.2 Å². The Morgan fingerprint density at radius 2 is 2.00 bits per heavy atom. The molecule has 0 atom stereocenters. The minimum absolute atomic E-state index is 0.00903. The van der Waals surface area contributed by atoms with Crippen molar-refractivity contribution >= 4 is 5.91 Å². The largest absolute Gasteiger partial charge is 0.394 e. The average molecular weight is 244 g/mol. The molecule has 5 nitrogen and oxygen atoms in total. The average Bonchev–Trinajstić information content (AvgIpc) is 2.36. The van der Waals surface area contributed by atoms with Gasteiger partial charge in [-0.25, -0.2) is 0 Å². The fourth-order valence-corrected chi connectivity index (χ4v) is 2.05. The Morgan fingerprint density at radius 1 is 1.29 bits per heavy atom. The Morgan fingerprint density at radius 3 is 2.59 bits per heavy atom. The quantitative estimate of drug-likeness (QED) is 0.557. The smallest absolute Gasteiger partial charge is 0.220 e. The van der Waals surface area contributed by atoms with E-state index in [2.05, 4.69) is 5.32 Å². The van der Waals surface area contributed by atoms with Crippen molar-refractivity contribution in [2.24, 2.45) is 5.73 Å². The number of rotatable bonds is 7. The third-order valence-corrected chi connectivity index (χ3v) is 3.27. The number of hydrogen-bond donors (Lipinski definition) is 3. The summed E-state index contributed by atoms with van der Waals surface area (Å²) >= 11 is 0. The third kappa shape index (κ3) is 5.02. The van der Waals surface area contributed by atoms with Gasteiger partial charge in [0.15, 0.2) is 0 Å². The van der Waals surface area contributed by atoms with E-state index < -0.39 is 5.54 Å². The van der Waals surface area contributed by atoms with Gasteiger partial charge in [-0.2, -0.15) is 0 Å². The topological polar surface area (TPSA) is 84.6 Å². The van der Waals surface area contributed by atoms with Crippen LogP contribution in [0.4, 0.5) is 0 Å². The fraction of sp³-hybridized carbons (Fsp3) is 0.917. The van der Waals surface area contributed by atoms with Crippen LogP contribution in [0.2, 0.25) is 0 Å². The molecule has 17 heavy (non-hydrogen) atoms. The first-order chi connectivity index (χ1) is 8.22. The minimum atomic E-state index is -0.455. The first-order valence-electron chi connectivity index (χ1n) is 6.42. The molecule has 1 aliphatic rings. The van der Waals surface area contributed by atoms with E-state index in [1.54, 1.807) is 0 Å². The van der Waals surface area contributed by atoms with Crippen molar-refractivity contribution in [2.75, 3.05) is 26.4 Å². The summed E-state index contributed by atoms with van der Waals surface area (Å²) in [5.41, 5.74) is 4.93. The predicted octanol–water partition coefficient (Wildman–Crippen LogP) is 0.163. The zero-order valence-electron chi connectivity index (χ0n) is 10.4. The van der Waals surface area contributed by atoms with Gasteiger partial charge in [0.1, 0.15) is 0 Å². The SMILES string of the molecule is NCCCCCC(=O)NC1(CO)CCOCC1. The van der Waals surface area contributed by atoms with E-state index in [4.69, 9.17) is 10.5 Å². The van der Waals surface area contributed by atoms with E-state index in [1.165, 1.54) is 0 Å². The number of amides is 1. The van der Waals surface area contributed by atoms with Crippen molar-refractivity contribution in [3.8, 4) is 0 Å². The molecule has 100 valence electrons. The van der Waals surface area contributed by atoms with E-state index in [1.807, 2.05) is 0 Å². The van der Waals surface area contributed by atoms with Crippen LogP contribution in [0.3, 0.4) is 0 Å². The first-order valence-corrected chi connectivity index (χ1v) is 6.42. The van der Waals surface area contributed by atoms with Gasteiger partial charge >= 0.3 is 0 Å². The minimum Gasteiger partial charge on any atom is -0.394 e. The second-order valence-corrected chi connectivity index (χ2v) is 4.70. The number of aliphatic hydroxyl groups excluding tert-OH is 1. The molecule has 4 N–H and O–H groups in total. The van der Waals surface area contributed by atoms with Gasteiger partial charge in [0.2, 0.25) is 5.91 Å². The standard InChI is InChI=1S/C12H24N2O3/c13-7-3-1-2-4-11(16)14-12(10-15)5-8-17-9-6-12/h15H,1-10,13H2,(H,14,16). The van der Waals surface area contributed by atoms with Crippen LogP contribution in [-0.4, -0.2) is 42.9 Å². The second kappa shape index (κ2) is 7.63. The lowest BCUT2D eigenvalue weighted by atomic mass is 9.90. The molecule has 1 aliphatic heterocycles. The predicted molar refractivity (Wildman–Crippen MR) is 65.5 cm³/mol. The molecule has 0 aromatic carbocycles. The van der Waals surface area contributed by atoms with Crippen LogP contribution in [-0.2, 0) is 9.53 Å². The molecule has 0 saturated carbocycles. The summed E-state index contributed by atoms with van der Waals surface area (Å²) in [6.45, 7) is 1.88. The number of carbonyl (C=O) groups is 1. The number of aliphatic hydroxyl groups is 1. The summed E-state index contributed by atoms with van der Waals surface area (Å²) in [5, 5.41) is 12.4. The number of hydrogen-bond acceptors (Lipinski definition) is 4. The van der Waals surface area contributed by atoms with E-state index in [9.17, 15) is 9.90 Å². The number of carbonyl (C=O) groups excluding carboxylic acids is 1. The Labute approximate surface area is 103 Å². The summed E-state index contributed by atoms with van der Waals surface area (Å²) in [6.07, 6.45) is 4.71. The number of unbranched alkanes of at least 4 members (excludes halogenated alkanes) is 2. The summed E-state index contributed by atoms with van der Waals surface area (Å²) < 4.78 is 5.24. The van der Waals surface area contributed by atoms with Gasteiger partial charge in [-0.15, -0.1) is 0 Å². The number of nitrogens with two attached hydrogens (primary N) is 1. The fourth-order valence-electron chi connectivity index (χ4n) is 2.05. The van der Waals surface area contributed by atoms with Gasteiger partial charge in [-0.3, -0.25) is 4.79 Å². The monoisotopic (exact) mass is 244 g/mol. The van der Waals surface area contributed by atoms with Crippen LogP contribution < -0.4 is 11.1 Å². The molecule has 1 rings (SSSR count). The molecule has 5 heteroatoms. The zero-order valence-corrected chi connectivity index (χ0v) is 10.4. The van der Waals surface area contributed by atoms with Crippen LogP contribution in [0, 0.1) is 0 Å². The van der Waals surface area contributed by atoms with Crippen LogP contribution in [0.1, 0.15) is 38.5 Å². The normalized spacial score (nSPS) is 18.9. The van der Waals surface area contributed by atoms with Crippen molar-refractivity contribution in [2.45, 2.75) is 44.1 Å². The molecular weight excluding hydrogens is 220 g/mol.